The maximum atomic E-state index is 12.2. The number of hydrogen-bond acceptors (Lipinski definition) is 3. The predicted molar refractivity (Wildman–Crippen MR) is 84.6 cm³/mol. The van der Waals surface area contributed by atoms with Crippen molar-refractivity contribution in [2.24, 2.45) is 0 Å². The topological polar surface area (TPSA) is 54.5 Å². The lowest BCUT2D eigenvalue weighted by atomic mass is 10.2. The third-order valence-electron chi connectivity index (χ3n) is 3.02. The SMILES string of the molecule is CCN(CCC(F)(F)F)C(=O)CS(=O)(=O)Cc1cccc(Br)c1. The van der Waals surface area contributed by atoms with Crippen molar-refractivity contribution >= 4 is 31.7 Å². The Labute approximate surface area is 141 Å². The Morgan fingerprint density at radius 3 is 2.48 bits per heavy atom. The first kappa shape index (κ1) is 20.0. The molecule has 23 heavy (non-hydrogen) atoms. The molecule has 0 fully saturated rings. The number of carbonyl (C=O) groups excluding carboxylic acids is 1. The van der Waals surface area contributed by atoms with Crippen molar-refractivity contribution in [2.45, 2.75) is 25.3 Å². The van der Waals surface area contributed by atoms with Gasteiger partial charge in [-0.15, -0.1) is 0 Å². The van der Waals surface area contributed by atoms with Crippen LogP contribution in [0.25, 0.3) is 0 Å². The fourth-order valence-electron chi connectivity index (χ4n) is 1.93. The zero-order valence-electron chi connectivity index (χ0n) is 12.4. The molecule has 0 unspecified atom stereocenters. The first-order chi connectivity index (χ1) is 10.5. The number of alkyl halides is 3. The van der Waals surface area contributed by atoms with Crippen molar-refractivity contribution in [2.75, 3.05) is 18.8 Å². The fourth-order valence-corrected chi connectivity index (χ4v) is 3.73. The van der Waals surface area contributed by atoms with E-state index in [4.69, 9.17) is 0 Å². The Hall–Kier alpha value is -1.09. The van der Waals surface area contributed by atoms with Crippen molar-refractivity contribution in [1.29, 1.82) is 0 Å². The molecule has 0 saturated heterocycles. The van der Waals surface area contributed by atoms with Crippen LogP contribution in [-0.2, 0) is 20.4 Å². The zero-order chi connectivity index (χ0) is 17.7. The van der Waals surface area contributed by atoms with Gasteiger partial charge in [0, 0.05) is 17.6 Å². The summed E-state index contributed by atoms with van der Waals surface area (Å²) in [6.45, 7) is 1.00. The van der Waals surface area contributed by atoms with E-state index in [1.807, 2.05) is 0 Å². The number of nitrogens with zero attached hydrogens (tertiary/aromatic N) is 1. The van der Waals surface area contributed by atoms with Crippen LogP contribution in [0.2, 0.25) is 0 Å². The molecule has 9 heteroatoms. The van der Waals surface area contributed by atoms with Crippen LogP contribution in [0.15, 0.2) is 28.7 Å². The van der Waals surface area contributed by atoms with E-state index in [-0.39, 0.29) is 12.3 Å². The van der Waals surface area contributed by atoms with Crippen LogP contribution in [-0.4, -0.2) is 44.2 Å². The second-order valence-corrected chi connectivity index (χ2v) is 7.98. The maximum absolute atomic E-state index is 12.2. The average molecular weight is 416 g/mol. The van der Waals surface area contributed by atoms with Crippen molar-refractivity contribution in [3.63, 3.8) is 0 Å². The maximum Gasteiger partial charge on any atom is 0.390 e. The zero-order valence-corrected chi connectivity index (χ0v) is 14.8. The minimum absolute atomic E-state index is 0.0291. The number of benzene rings is 1. The second kappa shape index (κ2) is 8.14. The van der Waals surface area contributed by atoms with Gasteiger partial charge < -0.3 is 4.90 Å². The molecule has 0 aliphatic heterocycles. The Bertz CT molecular complexity index is 647. The van der Waals surface area contributed by atoms with Crippen LogP contribution >= 0.6 is 15.9 Å². The molecule has 1 aromatic rings. The van der Waals surface area contributed by atoms with E-state index in [0.717, 1.165) is 4.90 Å². The van der Waals surface area contributed by atoms with Crippen LogP contribution in [0.3, 0.4) is 0 Å². The van der Waals surface area contributed by atoms with E-state index in [2.05, 4.69) is 15.9 Å². The van der Waals surface area contributed by atoms with E-state index < -0.39 is 40.6 Å². The molecule has 0 saturated carbocycles. The summed E-state index contributed by atoms with van der Waals surface area (Å²) in [5.41, 5.74) is 0.505. The molecule has 0 aliphatic rings. The summed E-state index contributed by atoms with van der Waals surface area (Å²) in [6, 6.07) is 6.62. The molecule has 1 amide bonds. The number of halogens is 4. The highest BCUT2D eigenvalue weighted by molar-refractivity contribution is 9.10. The van der Waals surface area contributed by atoms with Crippen LogP contribution in [0.4, 0.5) is 13.2 Å². The minimum Gasteiger partial charge on any atom is -0.342 e. The van der Waals surface area contributed by atoms with Gasteiger partial charge in [-0.1, -0.05) is 28.1 Å². The van der Waals surface area contributed by atoms with E-state index in [9.17, 15) is 26.4 Å². The third-order valence-corrected chi connectivity index (χ3v) is 4.97. The average Bonchev–Trinajstić information content (AvgIpc) is 2.36. The monoisotopic (exact) mass is 415 g/mol. The summed E-state index contributed by atoms with van der Waals surface area (Å²) in [5.74, 6) is -1.95. The lowest BCUT2D eigenvalue weighted by Gasteiger charge is -2.21. The van der Waals surface area contributed by atoms with Crippen LogP contribution in [0.5, 0.6) is 0 Å². The van der Waals surface area contributed by atoms with Gasteiger partial charge in [0.2, 0.25) is 5.91 Å². The minimum atomic E-state index is -4.39. The number of sulfone groups is 1. The largest absolute Gasteiger partial charge is 0.390 e. The van der Waals surface area contributed by atoms with Crippen LogP contribution < -0.4 is 0 Å². The molecule has 1 rings (SSSR count). The summed E-state index contributed by atoms with van der Waals surface area (Å²) in [7, 11) is -3.75. The summed E-state index contributed by atoms with van der Waals surface area (Å²) < 4.78 is 61.5. The first-order valence-electron chi connectivity index (χ1n) is 6.82. The molecule has 0 bridgehead atoms. The van der Waals surface area contributed by atoms with Crippen molar-refractivity contribution in [3.8, 4) is 0 Å². The van der Waals surface area contributed by atoms with E-state index in [1.54, 1.807) is 24.3 Å². The predicted octanol–water partition coefficient (Wildman–Crippen LogP) is 3.16. The Morgan fingerprint density at radius 1 is 1.30 bits per heavy atom. The van der Waals surface area contributed by atoms with E-state index >= 15 is 0 Å². The highest BCUT2D eigenvalue weighted by Crippen LogP contribution is 2.20. The molecule has 0 aliphatic carbocycles. The molecule has 0 N–H and O–H groups in total. The smallest absolute Gasteiger partial charge is 0.342 e. The van der Waals surface area contributed by atoms with Gasteiger partial charge in [0.1, 0.15) is 5.75 Å². The van der Waals surface area contributed by atoms with Gasteiger partial charge in [-0.2, -0.15) is 13.2 Å². The standard InChI is InChI=1S/C14H17BrF3NO3S/c1-2-19(7-6-14(16,17)18)13(20)10-23(21,22)9-11-4-3-5-12(15)8-11/h3-5,8H,2,6-7,9-10H2,1H3. The molecular weight excluding hydrogens is 399 g/mol. The highest BCUT2D eigenvalue weighted by atomic mass is 79.9. The van der Waals surface area contributed by atoms with Gasteiger partial charge in [-0.3, -0.25) is 4.79 Å². The number of hydrogen-bond donors (Lipinski definition) is 0. The van der Waals surface area contributed by atoms with E-state index in [1.165, 1.54) is 6.92 Å². The van der Waals surface area contributed by atoms with Gasteiger partial charge in [0.15, 0.2) is 9.84 Å². The fraction of sp³-hybridized carbons (Fsp3) is 0.500. The van der Waals surface area contributed by atoms with Crippen molar-refractivity contribution in [3.05, 3.63) is 34.3 Å². The first-order valence-corrected chi connectivity index (χ1v) is 9.43. The summed E-state index contributed by atoms with van der Waals surface area (Å²) in [6.07, 6.45) is -5.54. The lowest BCUT2D eigenvalue weighted by Crippen LogP contribution is -2.38. The molecular formula is C14H17BrF3NO3S. The lowest BCUT2D eigenvalue weighted by molar-refractivity contribution is -0.143. The quantitative estimate of drug-likeness (QED) is 0.686. The van der Waals surface area contributed by atoms with Gasteiger partial charge in [-0.25, -0.2) is 8.42 Å². The summed E-state index contributed by atoms with van der Waals surface area (Å²) >= 11 is 3.22. The summed E-state index contributed by atoms with van der Waals surface area (Å²) in [4.78, 5) is 12.8. The normalized spacial score (nSPS) is 12.2. The van der Waals surface area contributed by atoms with Gasteiger partial charge >= 0.3 is 6.18 Å². The number of amides is 1. The molecule has 130 valence electrons. The number of carbonyl (C=O) groups is 1. The molecule has 0 aromatic heterocycles. The Balaban J connectivity index is 2.69. The molecule has 4 nitrogen and oxygen atoms in total. The molecule has 0 spiro atoms. The molecule has 0 heterocycles. The Morgan fingerprint density at radius 2 is 1.96 bits per heavy atom. The summed E-state index contributed by atoms with van der Waals surface area (Å²) in [5, 5.41) is 0. The second-order valence-electron chi connectivity index (χ2n) is 5.00. The van der Waals surface area contributed by atoms with Gasteiger partial charge in [-0.05, 0) is 24.6 Å². The van der Waals surface area contributed by atoms with Gasteiger partial charge in [0.05, 0.1) is 12.2 Å². The van der Waals surface area contributed by atoms with Crippen molar-refractivity contribution in [1.82, 2.24) is 4.90 Å². The third kappa shape index (κ3) is 7.83. The molecule has 1 aromatic carbocycles. The van der Waals surface area contributed by atoms with Crippen molar-refractivity contribution < 1.29 is 26.4 Å². The highest BCUT2D eigenvalue weighted by Gasteiger charge is 2.29. The van der Waals surface area contributed by atoms with Gasteiger partial charge in [0.25, 0.3) is 0 Å². The molecule has 0 radical (unpaired) electrons. The Kier molecular flexibility index (Phi) is 7.06. The van der Waals surface area contributed by atoms with Crippen LogP contribution in [0, 0.1) is 0 Å². The molecule has 0 atom stereocenters. The van der Waals surface area contributed by atoms with Crippen LogP contribution in [0.1, 0.15) is 18.9 Å². The number of rotatable bonds is 7. The van der Waals surface area contributed by atoms with E-state index in [0.29, 0.717) is 10.0 Å².